The summed E-state index contributed by atoms with van der Waals surface area (Å²) in [7, 11) is 0. The monoisotopic (exact) mass is 436 g/mol. The molecule has 3 aromatic rings. The van der Waals surface area contributed by atoms with Crippen LogP contribution in [0.2, 0.25) is 0 Å². The lowest BCUT2D eigenvalue weighted by atomic mass is 9.90. The van der Waals surface area contributed by atoms with E-state index < -0.39 is 0 Å². The largest absolute Gasteiger partial charge is 0.360 e. The van der Waals surface area contributed by atoms with Crippen LogP contribution in [0, 0.1) is 6.92 Å². The summed E-state index contributed by atoms with van der Waals surface area (Å²) < 4.78 is 0. The van der Waals surface area contributed by atoms with Crippen molar-refractivity contribution in [2.45, 2.75) is 45.6 Å². The van der Waals surface area contributed by atoms with E-state index in [1.165, 1.54) is 16.7 Å². The van der Waals surface area contributed by atoms with Gasteiger partial charge in [0.2, 0.25) is 5.91 Å². The Morgan fingerprint density at radius 3 is 2.82 bits per heavy atom. The average Bonchev–Trinajstić information content (AvgIpc) is 2.83. The van der Waals surface area contributed by atoms with Crippen molar-refractivity contribution in [2.75, 3.05) is 0 Å². The predicted molar refractivity (Wildman–Crippen MR) is 134 cm³/mol. The van der Waals surface area contributed by atoms with Crippen LogP contribution in [0.1, 0.15) is 55.1 Å². The summed E-state index contributed by atoms with van der Waals surface area (Å²) in [6, 6.07) is 15.1. The van der Waals surface area contributed by atoms with Crippen LogP contribution >= 0.6 is 0 Å². The van der Waals surface area contributed by atoms with Crippen molar-refractivity contribution in [3.05, 3.63) is 89.5 Å². The lowest BCUT2D eigenvalue weighted by Crippen LogP contribution is -2.33. The summed E-state index contributed by atoms with van der Waals surface area (Å²) in [6.45, 7) is 3.60. The summed E-state index contributed by atoms with van der Waals surface area (Å²) in [6.07, 6.45) is 12.0. The molecule has 0 saturated heterocycles. The first kappa shape index (κ1) is 21.1. The number of nitrogens with zero attached hydrogens (tertiary/aromatic N) is 2. The van der Waals surface area contributed by atoms with Gasteiger partial charge in [0.1, 0.15) is 0 Å². The Labute approximate surface area is 194 Å². The Morgan fingerprint density at radius 2 is 2.03 bits per heavy atom. The minimum atomic E-state index is 0.0401. The molecule has 0 unspecified atom stereocenters. The van der Waals surface area contributed by atoms with E-state index in [1.54, 1.807) is 6.92 Å². The lowest BCUT2D eigenvalue weighted by Gasteiger charge is -2.22. The normalized spacial score (nSPS) is 18.1. The Balaban J connectivity index is 1.49. The number of allylic oxidation sites excluding steroid dienone is 3. The van der Waals surface area contributed by atoms with Crippen LogP contribution in [-0.2, 0) is 4.79 Å². The first-order valence-corrected chi connectivity index (χ1v) is 11.5. The van der Waals surface area contributed by atoms with Crippen molar-refractivity contribution in [3.63, 3.8) is 0 Å². The minimum absolute atomic E-state index is 0.0401. The van der Waals surface area contributed by atoms with Crippen LogP contribution in [0.4, 0.5) is 0 Å². The number of benzene rings is 1. The van der Waals surface area contributed by atoms with Gasteiger partial charge in [0, 0.05) is 30.2 Å². The van der Waals surface area contributed by atoms with Gasteiger partial charge < -0.3 is 10.6 Å². The molecule has 1 atom stereocenters. The molecule has 1 aromatic carbocycles. The standard InChI is InChI=1S/C28H28N4O/c1-18-5-3-7-27(31-18)28-25(6-4-14-29-28)21-10-13-26-22(15-21)16-23(17-30-26)20-8-11-24(12-9-20)32-19(2)33/h3-5,7-8,10,13-17,24,29H,6,9,11-12H2,1-2H3,(H,32,33)/t24-/m1/s1. The molecule has 0 radical (unpaired) electrons. The number of aromatic nitrogens is 2. The van der Waals surface area contributed by atoms with E-state index in [0.717, 1.165) is 59.2 Å². The zero-order valence-corrected chi connectivity index (χ0v) is 19.1. The number of carbonyl (C=O) groups is 1. The molecule has 2 aromatic heterocycles. The number of dihydropyridines is 1. The summed E-state index contributed by atoms with van der Waals surface area (Å²) in [4.78, 5) is 20.8. The van der Waals surface area contributed by atoms with Gasteiger partial charge in [-0.3, -0.25) is 14.8 Å². The number of fused-ring (bicyclic) bond motifs is 1. The highest BCUT2D eigenvalue weighted by Gasteiger charge is 2.18. The number of amides is 1. The van der Waals surface area contributed by atoms with E-state index in [2.05, 4.69) is 53.1 Å². The Bertz CT molecular complexity index is 1320. The van der Waals surface area contributed by atoms with E-state index in [1.807, 2.05) is 31.5 Å². The number of hydrogen-bond acceptors (Lipinski definition) is 4. The molecule has 166 valence electrons. The van der Waals surface area contributed by atoms with Crippen molar-refractivity contribution >= 4 is 33.7 Å². The van der Waals surface area contributed by atoms with Crippen LogP contribution in [0.5, 0.6) is 0 Å². The Morgan fingerprint density at radius 1 is 1.15 bits per heavy atom. The average molecular weight is 437 g/mol. The van der Waals surface area contributed by atoms with Gasteiger partial charge >= 0.3 is 0 Å². The molecule has 5 heteroatoms. The molecule has 5 nitrogen and oxygen atoms in total. The Hall–Kier alpha value is -3.73. The van der Waals surface area contributed by atoms with Gasteiger partial charge in [-0.15, -0.1) is 0 Å². The second-order valence-electron chi connectivity index (χ2n) is 8.80. The van der Waals surface area contributed by atoms with E-state index >= 15 is 0 Å². The molecular weight excluding hydrogens is 408 g/mol. The van der Waals surface area contributed by atoms with Gasteiger partial charge in [-0.2, -0.15) is 0 Å². The third kappa shape index (κ3) is 4.58. The molecule has 1 amide bonds. The quantitative estimate of drug-likeness (QED) is 0.576. The fraction of sp³-hybridized carbons (Fsp3) is 0.250. The van der Waals surface area contributed by atoms with Crippen molar-refractivity contribution in [2.24, 2.45) is 0 Å². The molecule has 2 N–H and O–H groups in total. The Kier molecular flexibility index (Phi) is 5.78. The predicted octanol–water partition coefficient (Wildman–Crippen LogP) is 5.39. The maximum absolute atomic E-state index is 11.3. The fourth-order valence-electron chi connectivity index (χ4n) is 4.69. The second kappa shape index (κ2) is 9.02. The molecule has 33 heavy (non-hydrogen) atoms. The van der Waals surface area contributed by atoms with Crippen LogP contribution in [0.25, 0.3) is 27.7 Å². The fourth-order valence-corrected chi connectivity index (χ4v) is 4.69. The van der Waals surface area contributed by atoms with Crippen LogP contribution in [0.15, 0.2) is 67.0 Å². The second-order valence-corrected chi connectivity index (χ2v) is 8.80. The van der Waals surface area contributed by atoms with E-state index in [0.29, 0.717) is 0 Å². The zero-order valence-electron chi connectivity index (χ0n) is 19.1. The van der Waals surface area contributed by atoms with Gasteiger partial charge in [-0.1, -0.05) is 24.3 Å². The minimum Gasteiger partial charge on any atom is -0.360 e. The first-order valence-electron chi connectivity index (χ1n) is 11.5. The van der Waals surface area contributed by atoms with Gasteiger partial charge in [-0.25, -0.2) is 0 Å². The summed E-state index contributed by atoms with van der Waals surface area (Å²) >= 11 is 0. The van der Waals surface area contributed by atoms with Gasteiger partial charge in [-0.05, 0) is 91.4 Å². The number of aryl methyl sites for hydroxylation is 1. The number of nitrogens with one attached hydrogen (secondary N) is 2. The summed E-state index contributed by atoms with van der Waals surface area (Å²) in [5.74, 6) is 0.0401. The first-order chi connectivity index (χ1) is 16.1. The van der Waals surface area contributed by atoms with Crippen molar-refractivity contribution in [1.29, 1.82) is 0 Å². The van der Waals surface area contributed by atoms with Crippen molar-refractivity contribution in [1.82, 2.24) is 20.6 Å². The molecule has 0 fully saturated rings. The van der Waals surface area contributed by atoms with Gasteiger partial charge in [0.25, 0.3) is 0 Å². The zero-order chi connectivity index (χ0) is 22.8. The van der Waals surface area contributed by atoms with Crippen LogP contribution < -0.4 is 10.6 Å². The third-order valence-corrected chi connectivity index (χ3v) is 6.33. The van der Waals surface area contributed by atoms with Gasteiger partial charge in [0.05, 0.1) is 16.9 Å². The molecule has 0 bridgehead atoms. The molecule has 0 saturated carbocycles. The lowest BCUT2D eigenvalue weighted by molar-refractivity contribution is -0.119. The molecule has 2 aliphatic rings. The van der Waals surface area contributed by atoms with E-state index in [4.69, 9.17) is 9.97 Å². The highest BCUT2D eigenvalue weighted by Crippen LogP contribution is 2.33. The van der Waals surface area contributed by atoms with E-state index in [-0.39, 0.29) is 11.9 Å². The molecule has 5 rings (SSSR count). The smallest absolute Gasteiger partial charge is 0.217 e. The molecular formula is C28H28N4O. The number of hydrogen-bond donors (Lipinski definition) is 2. The molecule has 1 aliphatic carbocycles. The SMILES string of the molecule is CC(=O)N[C@@H]1CC=C(c2cnc3ccc(C4=C(c5cccc(C)n5)NC=CC4)cc3c2)CC1. The topological polar surface area (TPSA) is 66.9 Å². The summed E-state index contributed by atoms with van der Waals surface area (Å²) in [5.41, 5.74) is 8.90. The maximum Gasteiger partial charge on any atom is 0.217 e. The maximum atomic E-state index is 11.3. The number of carbonyl (C=O) groups excluding carboxylic acids is 1. The highest BCUT2D eigenvalue weighted by molar-refractivity contribution is 5.94. The van der Waals surface area contributed by atoms with Crippen molar-refractivity contribution in [3.8, 4) is 0 Å². The van der Waals surface area contributed by atoms with Crippen LogP contribution in [-0.4, -0.2) is 21.9 Å². The number of pyridine rings is 2. The molecule has 0 spiro atoms. The molecule has 3 heterocycles. The highest BCUT2D eigenvalue weighted by atomic mass is 16.1. The molecule has 1 aliphatic heterocycles. The van der Waals surface area contributed by atoms with Crippen LogP contribution in [0.3, 0.4) is 0 Å². The summed E-state index contributed by atoms with van der Waals surface area (Å²) in [5, 5.41) is 7.58. The van der Waals surface area contributed by atoms with E-state index in [9.17, 15) is 4.79 Å². The van der Waals surface area contributed by atoms with Gasteiger partial charge in [0.15, 0.2) is 0 Å². The third-order valence-electron chi connectivity index (χ3n) is 6.33. The number of rotatable bonds is 4. The van der Waals surface area contributed by atoms with Crippen molar-refractivity contribution < 1.29 is 4.79 Å².